The molecule has 0 spiro atoms. The zero-order valence-electron chi connectivity index (χ0n) is 11.8. The smallest absolute Gasteiger partial charge is 0.287 e. The molecule has 0 atom stereocenters. The van der Waals surface area contributed by atoms with Gasteiger partial charge in [0.15, 0.2) is 0 Å². The number of Topliss-reactive ketones (excluding diaryl/α,β-unsaturated/α-hetero) is 1. The highest BCUT2D eigenvalue weighted by Crippen LogP contribution is 2.11. The lowest BCUT2D eigenvalue weighted by Crippen LogP contribution is -2.33. The van der Waals surface area contributed by atoms with Crippen molar-refractivity contribution in [1.29, 1.82) is 0 Å². The molecule has 0 bridgehead atoms. The van der Waals surface area contributed by atoms with Gasteiger partial charge in [-0.3, -0.25) is 9.59 Å². The predicted octanol–water partition coefficient (Wildman–Crippen LogP) is 3.57. The minimum atomic E-state index is -0.549. The molecule has 2 rings (SSSR count). The largest absolute Gasteiger partial charge is 0.349 e. The molecule has 0 saturated heterocycles. The van der Waals surface area contributed by atoms with Crippen LogP contribution in [0.15, 0.2) is 53.0 Å². The lowest BCUT2D eigenvalue weighted by molar-refractivity contribution is -0.137. The summed E-state index contributed by atoms with van der Waals surface area (Å²) in [5, 5.41) is 3.26. The molecule has 1 N–H and O–H groups in total. The fourth-order valence-electron chi connectivity index (χ4n) is 1.94. The maximum Gasteiger partial charge on any atom is 0.287 e. The van der Waals surface area contributed by atoms with Crippen molar-refractivity contribution in [2.45, 2.75) is 12.8 Å². The van der Waals surface area contributed by atoms with Crippen molar-refractivity contribution in [3.05, 3.63) is 69.2 Å². The summed E-state index contributed by atoms with van der Waals surface area (Å²) in [7, 11) is 0. The molecule has 0 aliphatic carbocycles. The van der Waals surface area contributed by atoms with E-state index in [0.717, 1.165) is 15.6 Å². The molecular formula is C17H15BrClNO2. The van der Waals surface area contributed by atoms with Gasteiger partial charge >= 0.3 is 0 Å². The van der Waals surface area contributed by atoms with Crippen molar-refractivity contribution < 1.29 is 9.59 Å². The SMILES string of the molecule is O=C(Cc1ccc(Cl)cc1)C(=O)NCCc1ccc(Br)cc1. The summed E-state index contributed by atoms with van der Waals surface area (Å²) in [6.45, 7) is 0.437. The molecule has 0 aliphatic rings. The highest BCUT2D eigenvalue weighted by atomic mass is 79.9. The molecule has 0 radical (unpaired) electrons. The Morgan fingerprint density at radius 2 is 1.55 bits per heavy atom. The van der Waals surface area contributed by atoms with Gasteiger partial charge in [-0.25, -0.2) is 0 Å². The van der Waals surface area contributed by atoms with Crippen LogP contribution < -0.4 is 5.32 Å². The van der Waals surface area contributed by atoms with Crippen LogP contribution in [-0.4, -0.2) is 18.2 Å². The quantitative estimate of drug-likeness (QED) is 0.779. The third kappa shape index (κ3) is 5.28. The van der Waals surface area contributed by atoms with Gasteiger partial charge in [0.05, 0.1) is 0 Å². The van der Waals surface area contributed by atoms with E-state index in [4.69, 9.17) is 11.6 Å². The topological polar surface area (TPSA) is 46.2 Å². The van der Waals surface area contributed by atoms with Crippen molar-refractivity contribution in [3.63, 3.8) is 0 Å². The first kappa shape index (κ1) is 16.7. The van der Waals surface area contributed by atoms with E-state index in [2.05, 4.69) is 21.2 Å². The maximum absolute atomic E-state index is 11.8. The fourth-order valence-corrected chi connectivity index (χ4v) is 2.33. The molecule has 0 fully saturated rings. The van der Waals surface area contributed by atoms with E-state index in [-0.39, 0.29) is 6.42 Å². The van der Waals surface area contributed by atoms with Gasteiger partial charge in [0, 0.05) is 22.5 Å². The van der Waals surface area contributed by atoms with E-state index < -0.39 is 11.7 Å². The van der Waals surface area contributed by atoms with Crippen molar-refractivity contribution in [3.8, 4) is 0 Å². The first-order valence-electron chi connectivity index (χ1n) is 6.84. The monoisotopic (exact) mass is 379 g/mol. The van der Waals surface area contributed by atoms with Gasteiger partial charge in [0.1, 0.15) is 0 Å². The Kier molecular flexibility index (Phi) is 6.16. The highest BCUT2D eigenvalue weighted by molar-refractivity contribution is 9.10. The Labute approximate surface area is 142 Å². The molecule has 5 heteroatoms. The lowest BCUT2D eigenvalue weighted by atomic mass is 10.1. The minimum Gasteiger partial charge on any atom is -0.349 e. The zero-order valence-corrected chi connectivity index (χ0v) is 14.2. The molecule has 0 unspecified atom stereocenters. The second kappa shape index (κ2) is 8.11. The van der Waals surface area contributed by atoms with E-state index in [9.17, 15) is 9.59 Å². The van der Waals surface area contributed by atoms with Crippen LogP contribution in [0.3, 0.4) is 0 Å². The van der Waals surface area contributed by atoms with Gasteiger partial charge in [-0.15, -0.1) is 0 Å². The average molecular weight is 381 g/mol. The number of rotatable bonds is 6. The maximum atomic E-state index is 11.8. The van der Waals surface area contributed by atoms with Crippen LogP contribution in [0.4, 0.5) is 0 Å². The van der Waals surface area contributed by atoms with Crippen LogP contribution >= 0.6 is 27.5 Å². The molecule has 1 amide bonds. The number of hydrogen-bond acceptors (Lipinski definition) is 2. The third-order valence-corrected chi connectivity index (χ3v) is 3.92. The first-order valence-corrected chi connectivity index (χ1v) is 8.01. The second-order valence-corrected chi connectivity index (χ2v) is 6.21. The third-order valence-electron chi connectivity index (χ3n) is 3.14. The fraction of sp³-hybridized carbons (Fsp3) is 0.176. The average Bonchev–Trinajstić information content (AvgIpc) is 2.51. The van der Waals surface area contributed by atoms with Crippen molar-refractivity contribution in [2.75, 3.05) is 6.54 Å². The van der Waals surface area contributed by atoms with Gasteiger partial charge in [-0.2, -0.15) is 0 Å². The number of ketones is 1. The van der Waals surface area contributed by atoms with Crippen LogP contribution in [-0.2, 0) is 22.4 Å². The lowest BCUT2D eigenvalue weighted by Gasteiger charge is -2.05. The molecule has 114 valence electrons. The van der Waals surface area contributed by atoms with Crippen molar-refractivity contribution in [2.24, 2.45) is 0 Å². The van der Waals surface area contributed by atoms with Crippen LogP contribution in [0, 0.1) is 0 Å². The number of hydrogen-bond donors (Lipinski definition) is 1. The van der Waals surface area contributed by atoms with Crippen molar-refractivity contribution >= 4 is 39.2 Å². The molecule has 0 saturated carbocycles. The van der Waals surface area contributed by atoms with Gasteiger partial charge in [-0.1, -0.05) is 51.8 Å². The molecular weight excluding hydrogens is 366 g/mol. The number of amides is 1. The Morgan fingerprint density at radius 3 is 2.18 bits per heavy atom. The number of nitrogens with one attached hydrogen (secondary N) is 1. The number of benzene rings is 2. The Bertz CT molecular complexity index is 653. The molecule has 22 heavy (non-hydrogen) atoms. The van der Waals surface area contributed by atoms with Crippen molar-refractivity contribution in [1.82, 2.24) is 5.32 Å². The Balaban J connectivity index is 1.77. The van der Waals surface area contributed by atoms with E-state index in [0.29, 0.717) is 18.0 Å². The summed E-state index contributed by atoms with van der Waals surface area (Å²) in [6, 6.07) is 14.7. The predicted molar refractivity (Wildman–Crippen MR) is 91.0 cm³/mol. The second-order valence-electron chi connectivity index (χ2n) is 4.86. The zero-order chi connectivity index (χ0) is 15.9. The van der Waals surface area contributed by atoms with Gasteiger partial charge in [-0.05, 0) is 41.8 Å². The molecule has 2 aromatic rings. The Hall–Kier alpha value is -1.65. The molecule has 0 heterocycles. The number of carbonyl (C=O) groups is 2. The van der Waals surface area contributed by atoms with E-state index in [1.165, 1.54) is 0 Å². The first-order chi connectivity index (χ1) is 10.5. The summed E-state index contributed by atoms with van der Waals surface area (Å²) < 4.78 is 1.01. The Morgan fingerprint density at radius 1 is 0.955 bits per heavy atom. The summed E-state index contributed by atoms with van der Waals surface area (Å²) in [6.07, 6.45) is 0.772. The minimum absolute atomic E-state index is 0.0846. The molecule has 3 nitrogen and oxygen atoms in total. The summed E-state index contributed by atoms with van der Waals surface area (Å²) in [4.78, 5) is 23.6. The van der Waals surface area contributed by atoms with E-state index in [1.54, 1.807) is 24.3 Å². The highest BCUT2D eigenvalue weighted by Gasteiger charge is 2.13. The number of halogens is 2. The van der Waals surface area contributed by atoms with E-state index in [1.807, 2.05) is 24.3 Å². The van der Waals surface area contributed by atoms with Gasteiger partial charge in [0.25, 0.3) is 5.91 Å². The standard InChI is InChI=1S/C17H15BrClNO2/c18-14-5-1-12(2-6-14)9-10-20-17(22)16(21)11-13-3-7-15(19)8-4-13/h1-8H,9-11H2,(H,20,22). The van der Waals surface area contributed by atoms with Gasteiger partial charge in [0.2, 0.25) is 5.78 Å². The molecule has 0 aliphatic heterocycles. The van der Waals surface area contributed by atoms with E-state index >= 15 is 0 Å². The van der Waals surface area contributed by atoms with Crippen LogP contribution in [0.1, 0.15) is 11.1 Å². The summed E-state index contributed by atoms with van der Waals surface area (Å²) in [5.74, 6) is -0.995. The van der Waals surface area contributed by atoms with Gasteiger partial charge < -0.3 is 5.32 Å². The van der Waals surface area contributed by atoms with Crippen LogP contribution in [0.5, 0.6) is 0 Å². The molecule has 2 aromatic carbocycles. The summed E-state index contributed by atoms with van der Waals surface area (Å²) >= 11 is 9.15. The number of carbonyl (C=O) groups excluding carboxylic acids is 2. The van der Waals surface area contributed by atoms with Crippen LogP contribution in [0.2, 0.25) is 5.02 Å². The van der Waals surface area contributed by atoms with Crippen LogP contribution in [0.25, 0.3) is 0 Å². The molecule has 0 aromatic heterocycles. The normalized spacial score (nSPS) is 10.3. The summed E-state index contributed by atoms with van der Waals surface area (Å²) in [5.41, 5.74) is 1.88.